The van der Waals surface area contributed by atoms with Crippen molar-refractivity contribution in [2.45, 2.75) is 0 Å². The number of rotatable bonds is 3. The quantitative estimate of drug-likeness (QED) is 0.812. The first-order valence-corrected chi connectivity index (χ1v) is 7.27. The van der Waals surface area contributed by atoms with Crippen LogP contribution in [0.4, 0.5) is 0 Å². The Morgan fingerprint density at radius 2 is 1.83 bits per heavy atom. The number of nitrogens with zero attached hydrogens (tertiary/aromatic N) is 1. The number of benzene rings is 1. The summed E-state index contributed by atoms with van der Waals surface area (Å²) in [5.41, 5.74) is 0.203. The van der Waals surface area contributed by atoms with Gasteiger partial charge in [0.25, 0.3) is 0 Å². The van der Waals surface area contributed by atoms with Crippen LogP contribution in [0.1, 0.15) is 0 Å². The zero-order valence-electron chi connectivity index (χ0n) is 9.68. The molecule has 0 saturated carbocycles. The Morgan fingerprint density at radius 1 is 1.17 bits per heavy atom. The molecule has 1 aromatic carbocycles. The van der Waals surface area contributed by atoms with Crippen LogP contribution < -0.4 is 5.44 Å². The number of pyridine rings is 1. The van der Waals surface area contributed by atoms with Crippen molar-refractivity contribution in [3.8, 4) is 0 Å². The normalized spacial score (nSPS) is 12.0. The summed E-state index contributed by atoms with van der Waals surface area (Å²) >= 11 is 12.0. The first-order valence-electron chi connectivity index (χ1n) is 4.97. The molecule has 7 heteroatoms. The number of hydrogen-bond donors (Lipinski definition) is 0. The highest BCUT2D eigenvalue weighted by molar-refractivity contribution is 7.62. The molecule has 96 valence electrons. The van der Waals surface area contributed by atoms with E-state index in [0.717, 1.165) is 0 Å². The van der Waals surface area contributed by atoms with Gasteiger partial charge in [0.05, 0.1) is 5.02 Å². The summed E-state index contributed by atoms with van der Waals surface area (Å²) in [5, 5.41) is 2.19. The summed E-state index contributed by atoms with van der Waals surface area (Å²) in [6, 6.07) is 5.07. The van der Waals surface area contributed by atoms with Crippen LogP contribution in [0.5, 0.6) is 0 Å². The minimum absolute atomic E-state index is 0.203. The van der Waals surface area contributed by atoms with Crippen molar-refractivity contribution in [2.24, 2.45) is 0 Å². The second-order valence-electron chi connectivity index (χ2n) is 3.48. The van der Waals surface area contributed by atoms with Crippen molar-refractivity contribution in [3.05, 3.63) is 34.4 Å². The maximum atomic E-state index is 12.4. The van der Waals surface area contributed by atoms with E-state index in [0.29, 0.717) is 20.8 Å². The Bertz CT molecular complexity index is 639. The lowest BCUT2D eigenvalue weighted by atomic mass is 10.2. The molecule has 1 aromatic heterocycles. The zero-order valence-corrected chi connectivity index (χ0v) is 12.1. The number of aromatic nitrogens is 1. The SMILES string of the molecule is COP(=O)(OC)c1ncc(Cl)c2ccc(Cl)cc12. The Balaban J connectivity index is 2.84. The largest absolute Gasteiger partial charge is 0.379 e. The van der Waals surface area contributed by atoms with Crippen molar-refractivity contribution in [2.75, 3.05) is 14.2 Å². The minimum atomic E-state index is -3.45. The number of halogens is 2. The number of hydrogen-bond acceptors (Lipinski definition) is 4. The molecule has 1 heterocycles. The third kappa shape index (κ3) is 2.27. The van der Waals surface area contributed by atoms with Crippen molar-refractivity contribution >= 4 is 47.0 Å². The summed E-state index contributed by atoms with van der Waals surface area (Å²) in [5.74, 6) is 0. The lowest BCUT2D eigenvalue weighted by Gasteiger charge is -2.15. The molecule has 0 atom stereocenters. The van der Waals surface area contributed by atoms with Gasteiger partial charge in [-0.15, -0.1) is 0 Å². The molecule has 0 spiro atoms. The van der Waals surface area contributed by atoms with Crippen molar-refractivity contribution in [3.63, 3.8) is 0 Å². The van der Waals surface area contributed by atoms with Gasteiger partial charge in [0.2, 0.25) is 0 Å². The summed E-state index contributed by atoms with van der Waals surface area (Å²) in [4.78, 5) is 4.06. The van der Waals surface area contributed by atoms with Gasteiger partial charge in [-0.2, -0.15) is 0 Å². The van der Waals surface area contributed by atoms with E-state index in [-0.39, 0.29) is 5.44 Å². The first-order chi connectivity index (χ1) is 8.51. The molecule has 18 heavy (non-hydrogen) atoms. The lowest BCUT2D eigenvalue weighted by Crippen LogP contribution is -2.13. The fraction of sp³-hybridized carbons (Fsp3) is 0.182. The fourth-order valence-corrected chi connectivity index (χ4v) is 3.19. The molecule has 0 saturated heterocycles. The molecule has 0 unspecified atom stereocenters. The first kappa shape index (κ1) is 13.8. The van der Waals surface area contributed by atoms with Crippen LogP contribution in [0.25, 0.3) is 10.8 Å². The Labute approximate surface area is 114 Å². The Kier molecular flexibility index (Phi) is 3.95. The van der Waals surface area contributed by atoms with Crippen LogP contribution in [-0.4, -0.2) is 19.2 Å². The summed E-state index contributed by atoms with van der Waals surface area (Å²) in [7, 11) is -0.842. The maximum Gasteiger partial charge on any atom is 0.379 e. The van der Waals surface area contributed by atoms with Crippen LogP contribution in [0.2, 0.25) is 10.0 Å². The van der Waals surface area contributed by atoms with Gasteiger partial charge in [-0.3, -0.25) is 4.57 Å². The second-order valence-corrected chi connectivity index (χ2v) is 6.47. The van der Waals surface area contributed by atoms with Gasteiger partial charge in [0.1, 0.15) is 0 Å². The van der Waals surface area contributed by atoms with Crippen LogP contribution in [-0.2, 0) is 13.6 Å². The van der Waals surface area contributed by atoms with E-state index in [1.807, 2.05) is 0 Å². The van der Waals surface area contributed by atoms with E-state index < -0.39 is 7.60 Å². The van der Waals surface area contributed by atoms with Gasteiger partial charge in [-0.1, -0.05) is 29.3 Å². The van der Waals surface area contributed by atoms with Gasteiger partial charge in [0, 0.05) is 36.2 Å². The second kappa shape index (κ2) is 5.16. The van der Waals surface area contributed by atoms with Gasteiger partial charge >= 0.3 is 7.60 Å². The van der Waals surface area contributed by atoms with Gasteiger partial charge < -0.3 is 9.05 Å². The standard InChI is InChI=1S/C11H10Cl2NO3P/c1-16-18(15,17-2)11-9-5-7(12)3-4-8(9)10(13)6-14-11/h3-6H,1-2H3. The minimum Gasteiger partial charge on any atom is -0.307 e. The molecule has 0 radical (unpaired) electrons. The molecule has 2 rings (SSSR count). The van der Waals surface area contributed by atoms with E-state index in [1.165, 1.54) is 20.4 Å². The third-order valence-corrected chi connectivity index (χ3v) is 4.89. The molecule has 0 N–H and O–H groups in total. The topological polar surface area (TPSA) is 48.4 Å². The van der Waals surface area contributed by atoms with Crippen LogP contribution in [0.15, 0.2) is 24.4 Å². The van der Waals surface area contributed by atoms with E-state index >= 15 is 0 Å². The van der Waals surface area contributed by atoms with Crippen molar-refractivity contribution in [1.82, 2.24) is 4.98 Å². The molecule has 0 aliphatic carbocycles. The van der Waals surface area contributed by atoms with Crippen LogP contribution >= 0.6 is 30.8 Å². The number of fused-ring (bicyclic) bond motifs is 1. The van der Waals surface area contributed by atoms with Crippen molar-refractivity contribution in [1.29, 1.82) is 0 Å². The summed E-state index contributed by atoms with van der Waals surface area (Å²) in [6.45, 7) is 0. The Hall–Kier alpha value is -0.640. The average Bonchev–Trinajstić information content (AvgIpc) is 2.38. The third-order valence-electron chi connectivity index (χ3n) is 2.52. The van der Waals surface area contributed by atoms with E-state index in [1.54, 1.807) is 18.2 Å². The lowest BCUT2D eigenvalue weighted by molar-refractivity contribution is 0.287. The van der Waals surface area contributed by atoms with Gasteiger partial charge in [-0.25, -0.2) is 4.98 Å². The molecular weight excluding hydrogens is 296 g/mol. The monoisotopic (exact) mass is 305 g/mol. The fourth-order valence-electron chi connectivity index (χ4n) is 1.63. The highest BCUT2D eigenvalue weighted by atomic mass is 35.5. The molecule has 2 aromatic rings. The average molecular weight is 306 g/mol. The molecule has 0 aliphatic heterocycles. The summed E-state index contributed by atoms with van der Waals surface area (Å²) in [6.07, 6.45) is 1.41. The zero-order chi connectivity index (χ0) is 13.3. The molecule has 0 aliphatic rings. The predicted molar refractivity (Wildman–Crippen MR) is 73.0 cm³/mol. The Morgan fingerprint density at radius 3 is 2.44 bits per heavy atom. The van der Waals surface area contributed by atoms with Crippen LogP contribution in [0.3, 0.4) is 0 Å². The van der Waals surface area contributed by atoms with Crippen LogP contribution in [0, 0.1) is 0 Å². The summed E-state index contributed by atoms with van der Waals surface area (Å²) < 4.78 is 22.3. The van der Waals surface area contributed by atoms with Gasteiger partial charge in [-0.05, 0) is 12.1 Å². The highest BCUT2D eigenvalue weighted by Crippen LogP contribution is 2.46. The van der Waals surface area contributed by atoms with E-state index in [4.69, 9.17) is 32.2 Å². The van der Waals surface area contributed by atoms with E-state index in [9.17, 15) is 4.57 Å². The smallest absolute Gasteiger partial charge is 0.307 e. The maximum absolute atomic E-state index is 12.4. The molecular formula is C11H10Cl2NO3P. The van der Waals surface area contributed by atoms with Crippen molar-refractivity contribution < 1.29 is 13.6 Å². The molecule has 0 amide bonds. The molecule has 4 nitrogen and oxygen atoms in total. The van der Waals surface area contributed by atoms with E-state index in [2.05, 4.69) is 4.98 Å². The van der Waals surface area contributed by atoms with Gasteiger partial charge in [0.15, 0.2) is 5.44 Å². The predicted octanol–water partition coefficient (Wildman–Crippen LogP) is 3.65. The highest BCUT2D eigenvalue weighted by Gasteiger charge is 2.29. The molecule has 0 fully saturated rings. The molecule has 0 bridgehead atoms.